The average molecular weight is 424 g/mol. The highest BCUT2D eigenvalue weighted by Gasteiger charge is 2.34. The smallest absolute Gasteiger partial charge is 0.196 e. The molecule has 0 unspecified atom stereocenters. The molecule has 0 bridgehead atoms. The van der Waals surface area contributed by atoms with E-state index in [1.54, 1.807) is 0 Å². The molecule has 32 heavy (non-hydrogen) atoms. The molecule has 0 spiro atoms. The Bertz CT molecular complexity index is 1370. The second kappa shape index (κ2) is 7.23. The highest BCUT2D eigenvalue weighted by molar-refractivity contribution is 6.28. The number of fused-ring (bicyclic) bond motifs is 2. The van der Waals surface area contributed by atoms with E-state index in [4.69, 9.17) is 4.52 Å². The number of hydrogen-bond donors (Lipinski definition) is 1. The molecule has 2 aliphatic rings. The summed E-state index contributed by atoms with van der Waals surface area (Å²) in [5.41, 5.74) is 6.86. The maximum atomic E-state index is 13.7. The number of nitrogens with one attached hydrogen (secondary N) is 1. The van der Waals surface area contributed by atoms with Crippen molar-refractivity contribution in [2.24, 2.45) is 5.92 Å². The first-order chi connectivity index (χ1) is 15.6. The van der Waals surface area contributed by atoms with Gasteiger partial charge >= 0.3 is 0 Å². The van der Waals surface area contributed by atoms with E-state index in [2.05, 4.69) is 47.4 Å². The van der Waals surface area contributed by atoms with Gasteiger partial charge in [0.05, 0.1) is 22.3 Å². The molecule has 160 valence electrons. The summed E-state index contributed by atoms with van der Waals surface area (Å²) in [4.78, 5) is 16.1. The van der Waals surface area contributed by atoms with Gasteiger partial charge in [0.1, 0.15) is 5.52 Å². The maximum Gasteiger partial charge on any atom is 0.196 e. The normalized spacial score (nSPS) is 17.5. The molecule has 1 saturated heterocycles. The molecule has 4 aromatic rings. The van der Waals surface area contributed by atoms with Gasteiger partial charge in [-0.3, -0.25) is 4.79 Å². The summed E-state index contributed by atoms with van der Waals surface area (Å²) in [6.07, 6.45) is 2.39. The van der Waals surface area contributed by atoms with Gasteiger partial charge in [-0.05, 0) is 49.4 Å². The molecule has 1 fully saturated rings. The van der Waals surface area contributed by atoms with Crippen LogP contribution in [0.5, 0.6) is 0 Å². The number of aryl methyl sites for hydroxylation is 1. The molecule has 1 N–H and O–H groups in total. The molecule has 1 atom stereocenters. The van der Waals surface area contributed by atoms with E-state index in [9.17, 15) is 4.79 Å². The fourth-order valence-electron chi connectivity index (χ4n) is 5.17. The zero-order valence-corrected chi connectivity index (χ0v) is 18.3. The molecule has 5 nitrogen and oxygen atoms in total. The first-order valence-corrected chi connectivity index (χ1v) is 11.3. The lowest BCUT2D eigenvalue weighted by molar-refractivity contribution is 0.104. The number of nitrogens with zero attached hydrogens (tertiary/aromatic N) is 2. The monoisotopic (exact) mass is 423 g/mol. The van der Waals surface area contributed by atoms with Gasteiger partial charge in [0.2, 0.25) is 0 Å². The predicted octanol–water partition coefficient (Wildman–Crippen LogP) is 6.33. The number of hydrogen-bond acceptors (Lipinski definition) is 5. The van der Waals surface area contributed by atoms with E-state index in [0.717, 1.165) is 58.6 Å². The number of benzene rings is 3. The van der Waals surface area contributed by atoms with Crippen LogP contribution in [0.3, 0.4) is 0 Å². The van der Waals surface area contributed by atoms with Crippen molar-refractivity contribution in [2.45, 2.75) is 26.7 Å². The van der Waals surface area contributed by atoms with Crippen molar-refractivity contribution >= 4 is 33.7 Å². The lowest BCUT2D eigenvalue weighted by atomic mass is 9.86. The fraction of sp³-hybridized carbons (Fsp3) is 0.259. The summed E-state index contributed by atoms with van der Waals surface area (Å²) in [6, 6.07) is 18.0. The Balaban J connectivity index is 1.61. The van der Waals surface area contributed by atoms with Crippen LogP contribution in [0.4, 0.5) is 17.1 Å². The second-order valence-corrected chi connectivity index (χ2v) is 9.12. The van der Waals surface area contributed by atoms with E-state index < -0.39 is 0 Å². The van der Waals surface area contributed by atoms with Crippen molar-refractivity contribution in [1.29, 1.82) is 0 Å². The minimum absolute atomic E-state index is 0.00927. The van der Waals surface area contributed by atoms with Crippen LogP contribution in [0.1, 0.15) is 41.3 Å². The summed E-state index contributed by atoms with van der Waals surface area (Å²) in [7, 11) is 0. The van der Waals surface area contributed by atoms with Crippen molar-refractivity contribution in [3.8, 4) is 11.3 Å². The standard InChI is InChI=1S/C27H25N3O2/c1-16-7-5-9-18(13-16)28-21-14-22(30-12-6-8-17(2)15-30)25-24-23(21)26(31)19-10-3-4-11-20(19)27(24)32-29-25/h3-5,7,9-11,13-14,17,28H,6,8,12,15H2,1-2H3/t17-/m1/s1. The van der Waals surface area contributed by atoms with Gasteiger partial charge < -0.3 is 14.7 Å². The molecular weight excluding hydrogens is 398 g/mol. The lowest BCUT2D eigenvalue weighted by Gasteiger charge is -2.33. The summed E-state index contributed by atoms with van der Waals surface area (Å²) in [5, 5.41) is 8.85. The lowest BCUT2D eigenvalue weighted by Crippen LogP contribution is -2.34. The molecule has 2 heterocycles. The Labute approximate surface area is 187 Å². The number of rotatable bonds is 3. The van der Waals surface area contributed by atoms with Gasteiger partial charge in [0.25, 0.3) is 0 Å². The highest BCUT2D eigenvalue weighted by Crippen LogP contribution is 2.46. The number of carbonyl (C=O) groups is 1. The number of piperidine rings is 1. The summed E-state index contributed by atoms with van der Waals surface area (Å²) in [5.74, 6) is 1.31. The number of anilines is 3. The molecule has 0 saturated carbocycles. The predicted molar refractivity (Wildman–Crippen MR) is 128 cm³/mol. The largest absolute Gasteiger partial charge is 0.369 e. The molecule has 0 amide bonds. The van der Waals surface area contributed by atoms with Gasteiger partial charge in [0, 0.05) is 29.9 Å². The van der Waals surface area contributed by atoms with Gasteiger partial charge in [-0.15, -0.1) is 0 Å². The fourth-order valence-corrected chi connectivity index (χ4v) is 5.17. The zero-order valence-electron chi connectivity index (χ0n) is 18.3. The van der Waals surface area contributed by atoms with Crippen LogP contribution in [-0.2, 0) is 0 Å². The minimum atomic E-state index is 0.00927. The zero-order chi connectivity index (χ0) is 21.8. The number of carbonyl (C=O) groups excluding carboxylic acids is 1. The van der Waals surface area contributed by atoms with Gasteiger partial charge in [-0.1, -0.05) is 48.5 Å². The Hall–Kier alpha value is -3.60. The van der Waals surface area contributed by atoms with Crippen LogP contribution >= 0.6 is 0 Å². The summed E-state index contributed by atoms with van der Waals surface area (Å²) < 4.78 is 5.90. The molecule has 1 aliphatic carbocycles. The topological polar surface area (TPSA) is 58.4 Å². The third-order valence-electron chi connectivity index (χ3n) is 6.67. The van der Waals surface area contributed by atoms with Crippen molar-refractivity contribution in [3.05, 3.63) is 71.3 Å². The van der Waals surface area contributed by atoms with Gasteiger partial charge in [-0.25, -0.2) is 0 Å². The van der Waals surface area contributed by atoms with E-state index in [1.165, 1.54) is 6.42 Å². The van der Waals surface area contributed by atoms with Crippen LogP contribution < -0.4 is 10.2 Å². The first-order valence-electron chi connectivity index (χ1n) is 11.3. The quantitative estimate of drug-likeness (QED) is 0.368. The summed E-state index contributed by atoms with van der Waals surface area (Å²) in [6.45, 7) is 6.32. The van der Waals surface area contributed by atoms with E-state index in [0.29, 0.717) is 22.8 Å². The Morgan fingerprint density at radius 1 is 1.09 bits per heavy atom. The van der Waals surface area contributed by atoms with Gasteiger partial charge in [0.15, 0.2) is 11.5 Å². The van der Waals surface area contributed by atoms with Crippen molar-refractivity contribution < 1.29 is 9.32 Å². The molecule has 3 aromatic carbocycles. The van der Waals surface area contributed by atoms with Crippen molar-refractivity contribution in [2.75, 3.05) is 23.3 Å². The molecule has 0 radical (unpaired) electrons. The van der Waals surface area contributed by atoms with Crippen molar-refractivity contribution in [3.63, 3.8) is 0 Å². The number of aromatic nitrogens is 1. The van der Waals surface area contributed by atoms with E-state index >= 15 is 0 Å². The van der Waals surface area contributed by atoms with Crippen LogP contribution in [0, 0.1) is 12.8 Å². The van der Waals surface area contributed by atoms with Crippen LogP contribution in [0.25, 0.3) is 22.2 Å². The Morgan fingerprint density at radius 2 is 1.94 bits per heavy atom. The third-order valence-corrected chi connectivity index (χ3v) is 6.67. The highest BCUT2D eigenvalue weighted by atomic mass is 16.5. The summed E-state index contributed by atoms with van der Waals surface area (Å²) >= 11 is 0. The van der Waals surface area contributed by atoms with E-state index in [1.807, 2.05) is 36.4 Å². The molecule has 5 heteroatoms. The first kappa shape index (κ1) is 19.1. The average Bonchev–Trinajstić information content (AvgIpc) is 3.23. The Kier molecular flexibility index (Phi) is 4.32. The van der Waals surface area contributed by atoms with Crippen LogP contribution in [0.15, 0.2) is 59.1 Å². The van der Waals surface area contributed by atoms with E-state index in [-0.39, 0.29) is 5.78 Å². The molecular formula is C27H25N3O2. The second-order valence-electron chi connectivity index (χ2n) is 9.12. The SMILES string of the molecule is Cc1cccc(Nc2cc(N3CCC[C@@H](C)C3)c3noc4c3c2C(=O)c2ccccc2-4)c1. The third kappa shape index (κ3) is 2.92. The minimum Gasteiger partial charge on any atom is -0.369 e. The molecule has 1 aromatic heterocycles. The number of ketones is 1. The van der Waals surface area contributed by atoms with Crippen LogP contribution in [0.2, 0.25) is 0 Å². The maximum absolute atomic E-state index is 13.7. The Morgan fingerprint density at radius 3 is 2.75 bits per heavy atom. The van der Waals surface area contributed by atoms with Gasteiger partial charge in [-0.2, -0.15) is 0 Å². The van der Waals surface area contributed by atoms with Crippen LogP contribution in [-0.4, -0.2) is 24.0 Å². The molecule has 6 rings (SSSR count). The van der Waals surface area contributed by atoms with Crippen molar-refractivity contribution in [1.82, 2.24) is 5.16 Å². The molecule has 1 aliphatic heterocycles.